The zero-order chi connectivity index (χ0) is 19.4. The van der Waals surface area contributed by atoms with Gasteiger partial charge in [-0.25, -0.2) is 8.42 Å². The number of benzene rings is 2. The van der Waals surface area contributed by atoms with Crippen molar-refractivity contribution >= 4 is 27.3 Å². The van der Waals surface area contributed by atoms with Crippen molar-refractivity contribution < 1.29 is 17.9 Å². The van der Waals surface area contributed by atoms with Crippen LogP contribution in [0.5, 0.6) is 5.75 Å². The fourth-order valence-corrected chi connectivity index (χ4v) is 5.03. The molecule has 3 rings (SSSR count). The van der Waals surface area contributed by atoms with E-state index < -0.39 is 9.84 Å². The van der Waals surface area contributed by atoms with Gasteiger partial charge in [-0.2, -0.15) is 0 Å². The summed E-state index contributed by atoms with van der Waals surface area (Å²) in [5, 5.41) is 0.614. The molecule has 2 aromatic rings. The Labute approximate surface area is 164 Å². The summed E-state index contributed by atoms with van der Waals surface area (Å²) >= 11 is 5.93. The van der Waals surface area contributed by atoms with Crippen molar-refractivity contribution in [2.75, 3.05) is 18.1 Å². The zero-order valence-corrected chi connectivity index (χ0v) is 16.7. The van der Waals surface area contributed by atoms with Crippen LogP contribution < -0.4 is 4.74 Å². The van der Waals surface area contributed by atoms with Gasteiger partial charge in [-0.05, 0) is 42.7 Å². The van der Waals surface area contributed by atoms with Gasteiger partial charge in [0.15, 0.2) is 16.4 Å². The number of hydrogen-bond acceptors (Lipinski definition) is 4. The largest absolute Gasteiger partial charge is 0.484 e. The van der Waals surface area contributed by atoms with Gasteiger partial charge in [0.2, 0.25) is 0 Å². The number of halogens is 1. The number of ether oxygens (including phenoxy) is 1. The van der Waals surface area contributed by atoms with Crippen molar-refractivity contribution in [3.63, 3.8) is 0 Å². The number of rotatable bonds is 6. The maximum atomic E-state index is 12.9. The third kappa shape index (κ3) is 5.23. The molecule has 1 fully saturated rings. The summed E-state index contributed by atoms with van der Waals surface area (Å²) in [6.07, 6.45) is 0.450. The molecule has 0 N–H and O–H groups in total. The molecular weight excluding hydrogens is 386 g/mol. The fourth-order valence-electron chi connectivity index (χ4n) is 3.17. The summed E-state index contributed by atoms with van der Waals surface area (Å²) in [4.78, 5) is 14.5. The van der Waals surface area contributed by atoms with Gasteiger partial charge in [-0.1, -0.05) is 41.9 Å². The smallest absolute Gasteiger partial charge is 0.261 e. The topological polar surface area (TPSA) is 63.7 Å². The SMILES string of the molecule is Cc1ccccc1OCC(=O)N(Cc1ccc(Cl)cc1)C1CCS(=O)(=O)C1. The summed E-state index contributed by atoms with van der Waals surface area (Å²) < 4.78 is 29.5. The van der Waals surface area contributed by atoms with E-state index in [0.29, 0.717) is 23.7 Å². The Hall–Kier alpha value is -2.05. The molecule has 7 heteroatoms. The molecule has 0 bridgehead atoms. The lowest BCUT2D eigenvalue weighted by atomic mass is 10.1. The highest BCUT2D eigenvalue weighted by Gasteiger charge is 2.34. The first-order valence-electron chi connectivity index (χ1n) is 8.77. The van der Waals surface area contributed by atoms with Crippen LogP contribution in [-0.4, -0.2) is 43.4 Å². The Morgan fingerprint density at radius 3 is 2.52 bits per heavy atom. The average Bonchev–Trinajstić information content (AvgIpc) is 3.00. The fraction of sp³-hybridized carbons (Fsp3) is 0.350. The minimum absolute atomic E-state index is 0.00328. The van der Waals surface area contributed by atoms with Gasteiger partial charge in [0.25, 0.3) is 5.91 Å². The van der Waals surface area contributed by atoms with Gasteiger partial charge >= 0.3 is 0 Å². The average molecular weight is 408 g/mol. The highest BCUT2D eigenvalue weighted by molar-refractivity contribution is 7.91. The quantitative estimate of drug-likeness (QED) is 0.737. The number of hydrogen-bond donors (Lipinski definition) is 0. The van der Waals surface area contributed by atoms with Crippen LogP contribution in [0.15, 0.2) is 48.5 Å². The maximum absolute atomic E-state index is 12.9. The molecule has 1 aliphatic heterocycles. The van der Waals surface area contributed by atoms with Crippen LogP contribution in [0.3, 0.4) is 0 Å². The van der Waals surface area contributed by atoms with Crippen LogP contribution in [0.1, 0.15) is 17.5 Å². The summed E-state index contributed by atoms with van der Waals surface area (Å²) in [5.41, 5.74) is 1.84. The summed E-state index contributed by atoms with van der Waals surface area (Å²) in [7, 11) is -3.10. The van der Waals surface area contributed by atoms with E-state index in [9.17, 15) is 13.2 Å². The summed E-state index contributed by atoms with van der Waals surface area (Å²) in [6.45, 7) is 2.11. The molecule has 1 amide bonds. The van der Waals surface area contributed by atoms with Crippen LogP contribution in [0.4, 0.5) is 0 Å². The zero-order valence-electron chi connectivity index (χ0n) is 15.1. The van der Waals surface area contributed by atoms with Crippen molar-refractivity contribution in [3.05, 3.63) is 64.7 Å². The van der Waals surface area contributed by atoms with E-state index in [1.165, 1.54) is 0 Å². The standard InChI is InChI=1S/C20H22ClNO4S/c1-15-4-2-3-5-19(15)26-13-20(23)22(18-10-11-27(24,25)14-18)12-16-6-8-17(21)9-7-16/h2-9,18H,10-14H2,1H3. The Morgan fingerprint density at radius 1 is 1.19 bits per heavy atom. The molecule has 0 aliphatic carbocycles. The number of para-hydroxylation sites is 1. The van der Waals surface area contributed by atoms with Crippen molar-refractivity contribution in [2.45, 2.75) is 25.9 Å². The first kappa shape index (κ1) is 19.7. The molecule has 2 aromatic carbocycles. The lowest BCUT2D eigenvalue weighted by Crippen LogP contribution is -2.43. The highest BCUT2D eigenvalue weighted by atomic mass is 35.5. The predicted molar refractivity (Wildman–Crippen MR) is 106 cm³/mol. The van der Waals surface area contributed by atoms with Gasteiger partial charge in [0, 0.05) is 17.6 Å². The predicted octanol–water partition coefficient (Wildman–Crippen LogP) is 3.24. The van der Waals surface area contributed by atoms with E-state index in [0.717, 1.165) is 11.1 Å². The Kier molecular flexibility index (Phi) is 6.07. The second-order valence-electron chi connectivity index (χ2n) is 6.76. The third-order valence-electron chi connectivity index (χ3n) is 4.68. The molecule has 0 saturated carbocycles. The van der Waals surface area contributed by atoms with E-state index in [1.54, 1.807) is 17.0 Å². The van der Waals surface area contributed by atoms with E-state index in [-0.39, 0.29) is 30.1 Å². The monoisotopic (exact) mass is 407 g/mol. The van der Waals surface area contributed by atoms with Crippen molar-refractivity contribution in [3.8, 4) is 5.75 Å². The molecule has 1 atom stereocenters. The number of aryl methyl sites for hydroxylation is 1. The first-order valence-corrected chi connectivity index (χ1v) is 11.0. The van der Waals surface area contributed by atoms with E-state index in [1.807, 2.05) is 43.3 Å². The van der Waals surface area contributed by atoms with Crippen molar-refractivity contribution in [1.82, 2.24) is 4.90 Å². The Bertz CT molecular complexity index is 912. The minimum Gasteiger partial charge on any atom is -0.484 e. The molecule has 1 unspecified atom stereocenters. The molecule has 0 spiro atoms. The molecule has 1 saturated heterocycles. The first-order chi connectivity index (χ1) is 12.8. The van der Waals surface area contributed by atoms with E-state index >= 15 is 0 Å². The van der Waals surface area contributed by atoms with Gasteiger partial charge in [0.1, 0.15) is 5.75 Å². The molecule has 1 heterocycles. The lowest BCUT2D eigenvalue weighted by Gasteiger charge is -2.28. The van der Waals surface area contributed by atoms with Gasteiger partial charge in [-0.3, -0.25) is 4.79 Å². The van der Waals surface area contributed by atoms with Gasteiger partial charge in [0.05, 0.1) is 11.5 Å². The molecule has 5 nitrogen and oxygen atoms in total. The number of sulfone groups is 1. The maximum Gasteiger partial charge on any atom is 0.261 e. The Morgan fingerprint density at radius 2 is 1.89 bits per heavy atom. The van der Waals surface area contributed by atoms with E-state index in [2.05, 4.69) is 0 Å². The molecule has 27 heavy (non-hydrogen) atoms. The molecule has 0 radical (unpaired) electrons. The van der Waals surface area contributed by atoms with Crippen molar-refractivity contribution in [1.29, 1.82) is 0 Å². The second-order valence-corrected chi connectivity index (χ2v) is 9.42. The van der Waals surface area contributed by atoms with Crippen LogP contribution >= 0.6 is 11.6 Å². The number of carbonyl (C=O) groups is 1. The van der Waals surface area contributed by atoms with Crippen molar-refractivity contribution in [2.24, 2.45) is 0 Å². The van der Waals surface area contributed by atoms with Crippen LogP contribution in [0.2, 0.25) is 5.02 Å². The number of amides is 1. The van der Waals surface area contributed by atoms with Gasteiger partial charge < -0.3 is 9.64 Å². The Balaban J connectivity index is 1.75. The molecule has 1 aliphatic rings. The summed E-state index contributed by atoms with van der Waals surface area (Å²) in [6, 6.07) is 14.3. The molecular formula is C20H22ClNO4S. The third-order valence-corrected chi connectivity index (χ3v) is 6.68. The highest BCUT2D eigenvalue weighted by Crippen LogP contribution is 2.22. The van der Waals surface area contributed by atoms with Crippen LogP contribution in [0.25, 0.3) is 0 Å². The summed E-state index contributed by atoms with van der Waals surface area (Å²) in [5.74, 6) is 0.531. The van der Waals surface area contributed by atoms with Gasteiger partial charge in [-0.15, -0.1) is 0 Å². The normalized spacial score (nSPS) is 18.2. The molecule has 0 aromatic heterocycles. The minimum atomic E-state index is -3.10. The molecule has 144 valence electrons. The van der Waals surface area contributed by atoms with Crippen LogP contribution in [-0.2, 0) is 21.2 Å². The lowest BCUT2D eigenvalue weighted by molar-refractivity contribution is -0.136. The van der Waals surface area contributed by atoms with E-state index in [4.69, 9.17) is 16.3 Å². The second kappa shape index (κ2) is 8.31. The number of carbonyl (C=O) groups excluding carboxylic acids is 1. The number of nitrogens with zero attached hydrogens (tertiary/aromatic N) is 1. The van der Waals surface area contributed by atoms with Crippen LogP contribution in [0, 0.1) is 6.92 Å².